The van der Waals surface area contributed by atoms with Crippen LogP contribution in [0.4, 0.5) is 22.0 Å². The van der Waals surface area contributed by atoms with Crippen molar-refractivity contribution in [1.29, 1.82) is 0 Å². The summed E-state index contributed by atoms with van der Waals surface area (Å²) >= 11 is 0. The van der Waals surface area contributed by atoms with Crippen LogP contribution < -0.4 is 11.2 Å². The second-order valence-electron chi connectivity index (χ2n) is 41.2. The predicted molar refractivity (Wildman–Crippen MR) is 526 cm³/mol. The summed E-state index contributed by atoms with van der Waals surface area (Å²) in [5, 5.41) is 63.2. The average molecular weight is 1880 g/mol. The second kappa shape index (κ2) is 38.1. The van der Waals surface area contributed by atoms with Gasteiger partial charge < -0.3 is 29.0 Å². The van der Waals surface area contributed by atoms with Crippen LogP contribution in [0.5, 0.6) is 0 Å². The van der Waals surface area contributed by atoms with Gasteiger partial charge in [-0.2, -0.15) is 19.2 Å². The normalized spacial score (nSPS) is 17.8. The van der Waals surface area contributed by atoms with Crippen LogP contribution in [0.25, 0.3) is 101 Å². The number of hydrogen-bond donors (Lipinski definition) is 2. The van der Waals surface area contributed by atoms with Crippen LogP contribution in [0.2, 0.25) is 36.3 Å². The maximum Gasteiger partial charge on any atom is 0.495 e. The van der Waals surface area contributed by atoms with E-state index < -0.39 is 47.1 Å². The van der Waals surface area contributed by atoms with Crippen molar-refractivity contribution in [1.82, 2.24) is 80.8 Å². The topological polar surface area (TPSA) is 306 Å². The molecule has 1 aliphatic heterocycles. The fourth-order valence-electron chi connectivity index (χ4n) is 19.8. The van der Waals surface area contributed by atoms with Gasteiger partial charge in [0, 0.05) is 61.0 Å². The summed E-state index contributed by atoms with van der Waals surface area (Å²) in [7, 11) is 2.51. The fraction of sp³-hybridized carbons (Fsp3) is 0.437. The zero-order chi connectivity index (χ0) is 98.4. The Morgan fingerprint density at radius 2 is 0.699 bits per heavy atom. The molecular weight excluding hydrogens is 1760 g/mol. The lowest BCUT2D eigenvalue weighted by Gasteiger charge is -2.38. The largest absolute Gasteiger partial charge is 0.495 e. The van der Waals surface area contributed by atoms with Crippen molar-refractivity contribution < 1.29 is 45.2 Å². The number of tetrazole rings is 4. The van der Waals surface area contributed by atoms with E-state index >= 15 is 4.39 Å². The number of nitrogens with two attached hydrogens (primary N) is 1. The van der Waals surface area contributed by atoms with Gasteiger partial charge in [0.05, 0.1) is 63.7 Å². The SMILES string of the molecule is CC1(C)OB(c2ccc(F)c3c2CC[C@@H]3O[Si](C)(C)C(C)(C)C)OC1(C)C.Cc1cc(-c2nnn(C)n2)cc(C)c1-c1ccc(F)c2c1CC[C@@H]2O.Cc1cc(-c2nnn(C)n2)cc(C)c1-c1ccc(F)c2c1CC[C@@H]2O[Si](C)(C)C(C)(C)C.Cc1cc(-c2nnn(C)n2)cc(C)c1-c1ccc(F)c2c1CC[C@H]2N.Cc1cc(-c2nnn(C)n2)cc(C)c1-c1ccc(F)c2c1CC[C@H]2N=[N+]=[N-]. The van der Waals surface area contributed by atoms with Crippen LogP contribution in [0, 0.1) is 84.5 Å². The highest BCUT2D eigenvalue weighted by Gasteiger charge is 2.54. The highest BCUT2D eigenvalue weighted by Crippen LogP contribution is 2.52. The van der Waals surface area contributed by atoms with Gasteiger partial charge in [0.2, 0.25) is 23.3 Å². The van der Waals surface area contributed by atoms with Crippen LogP contribution in [0.15, 0.2) is 114 Å². The smallest absolute Gasteiger partial charge is 0.410 e. The fourth-order valence-corrected chi connectivity index (χ4v) is 22.4. The number of azide groups is 1. The third kappa shape index (κ3) is 19.5. The van der Waals surface area contributed by atoms with Gasteiger partial charge in [0.1, 0.15) is 29.1 Å². The van der Waals surface area contributed by atoms with E-state index in [9.17, 15) is 22.7 Å². The van der Waals surface area contributed by atoms with E-state index in [0.717, 1.165) is 189 Å². The van der Waals surface area contributed by atoms with Crippen molar-refractivity contribution in [3.63, 3.8) is 0 Å². The summed E-state index contributed by atoms with van der Waals surface area (Å²) in [4.78, 5) is 8.65. The molecule has 4 aromatic heterocycles. The maximum absolute atomic E-state index is 15.1. The number of aliphatic hydroxyl groups excluding tert-OH is 1. The van der Waals surface area contributed by atoms with Crippen molar-refractivity contribution >= 4 is 29.2 Å². The van der Waals surface area contributed by atoms with Gasteiger partial charge >= 0.3 is 7.12 Å². The van der Waals surface area contributed by atoms with Crippen molar-refractivity contribution in [2.24, 2.45) is 39.0 Å². The van der Waals surface area contributed by atoms with Crippen molar-refractivity contribution in [2.75, 3.05) is 0 Å². The lowest BCUT2D eigenvalue weighted by molar-refractivity contribution is 0.00578. The average Bonchev–Trinajstić information content (AvgIpc) is 1.59. The molecular formula is C103H124BF5N20O5Si2. The molecule has 25 nitrogen and oxygen atoms in total. The molecule has 3 N–H and O–H groups in total. The molecule has 5 heterocycles. The Balaban J connectivity index is 0.000000130. The Morgan fingerprint density at radius 1 is 0.419 bits per heavy atom. The number of halogens is 5. The molecule has 136 heavy (non-hydrogen) atoms. The highest BCUT2D eigenvalue weighted by molar-refractivity contribution is 6.74. The molecule has 712 valence electrons. The molecule has 0 spiro atoms. The third-order valence-electron chi connectivity index (χ3n) is 29.0. The summed E-state index contributed by atoms with van der Waals surface area (Å²) < 4.78 is 98.5. The lowest BCUT2D eigenvalue weighted by atomic mass is 9.75. The molecule has 0 radical (unpaired) electrons. The molecule has 0 unspecified atom stereocenters. The van der Waals surface area contributed by atoms with Gasteiger partial charge in [-0.25, -0.2) is 22.0 Å². The second-order valence-corrected chi connectivity index (χ2v) is 50.7. The van der Waals surface area contributed by atoms with E-state index in [0.29, 0.717) is 71.2 Å². The predicted octanol–water partition coefficient (Wildman–Crippen LogP) is 22.6. The molecule has 6 aliphatic rings. The van der Waals surface area contributed by atoms with E-state index in [1.807, 2.05) is 110 Å². The standard InChI is InChI=1S/C25H33FN4OSi.C21H34BFO3Si.C19H18FN7.C19H20FN5.C19H19FN4O/c1-15-13-17(24-27-29-30(6)28-24)14-16(2)22(15)18-9-11-20(26)23-19(18)10-12-21(23)31-32(7,8)25(3,4)5;1-19(2,3)27(8,9)24-17-13-10-14-15(11-12-16(23)18(14)17)22-25-20(4,5)21(6,7)26-22;1-10-8-12(19-23-26-27(3)24-19)9-11(2)17(10)13-4-6-15(20)18-14(13)5-7-16(18)22-25-21;1-10-8-12(19-22-24-25(3)23-19)9-11(2)17(10)13-4-6-15(20)18-14(13)5-7-16(18)21;1-10-8-12(19-21-23-24(3)22-19)9-11(2)17(10)13-4-6-15(20)18-14(13)5-7-16(18)25/h9,11,13-14,21H,10,12H2,1-8H3;11-12,17H,10,13H2,1-9H3;4,6,8-9,16H,5,7H2,1-3H3;4,6,8-9,16H,5,7,21H2,1-3H3;4,6,8-9,16,25H,5,7H2,1-3H3/t21-;17-;3*16-/m00110/s1. The molecule has 13 aromatic rings. The number of aromatic nitrogens is 16. The van der Waals surface area contributed by atoms with E-state index in [1.54, 1.807) is 40.3 Å². The van der Waals surface area contributed by atoms with Gasteiger partial charge in [-0.05, 0) is 411 Å². The molecule has 19 rings (SSSR count). The minimum Gasteiger partial charge on any atom is -0.410 e. The van der Waals surface area contributed by atoms with Crippen LogP contribution in [0.1, 0.15) is 232 Å². The molecule has 9 aromatic carbocycles. The van der Waals surface area contributed by atoms with Gasteiger partial charge in [-0.1, -0.05) is 77.0 Å². The number of hydrogen-bond acceptors (Lipinski definition) is 19. The Labute approximate surface area is 795 Å². The highest BCUT2D eigenvalue weighted by atomic mass is 28.4. The van der Waals surface area contributed by atoms with E-state index in [4.69, 9.17) is 29.4 Å². The zero-order valence-corrected chi connectivity index (χ0v) is 85.0. The van der Waals surface area contributed by atoms with Gasteiger partial charge in [0.15, 0.2) is 16.6 Å². The summed E-state index contributed by atoms with van der Waals surface area (Å²) in [5.41, 5.74) is 44.2. The minimum atomic E-state index is -2.01. The Kier molecular flexibility index (Phi) is 27.7. The number of benzene rings is 9. The first-order chi connectivity index (χ1) is 63.9. The number of nitrogens with zero attached hydrogens (tertiary/aromatic N) is 19. The van der Waals surface area contributed by atoms with Crippen molar-refractivity contribution in [3.8, 4) is 90.1 Å². The first kappa shape index (κ1) is 99.0. The monoisotopic (exact) mass is 1880 g/mol. The van der Waals surface area contributed by atoms with Crippen molar-refractivity contribution in [2.45, 2.75) is 267 Å². The van der Waals surface area contributed by atoms with Crippen LogP contribution >= 0.6 is 0 Å². The van der Waals surface area contributed by atoms with Crippen LogP contribution in [-0.4, -0.2) is 121 Å². The Bertz CT molecular complexity index is 6580. The van der Waals surface area contributed by atoms with E-state index in [-0.39, 0.29) is 57.4 Å². The summed E-state index contributed by atoms with van der Waals surface area (Å²) in [6.07, 6.45) is 6.41. The van der Waals surface area contributed by atoms with Crippen LogP contribution in [0.3, 0.4) is 0 Å². The van der Waals surface area contributed by atoms with Gasteiger partial charge in [-0.15, -0.1) is 40.8 Å². The van der Waals surface area contributed by atoms with E-state index in [1.165, 1.54) is 37.4 Å². The van der Waals surface area contributed by atoms with Crippen molar-refractivity contribution in [3.05, 3.63) is 249 Å². The molecule has 1 saturated heterocycles. The van der Waals surface area contributed by atoms with Crippen LogP contribution in [-0.2, 0) is 78.5 Å². The molecule has 1 fully saturated rings. The zero-order valence-electron chi connectivity index (χ0n) is 83.0. The quantitative estimate of drug-likeness (QED) is 0.0336. The van der Waals surface area contributed by atoms with Gasteiger partial charge in [0.25, 0.3) is 0 Å². The number of rotatable bonds is 14. The third-order valence-corrected chi connectivity index (χ3v) is 38.0. The Hall–Kier alpha value is -11.5. The first-order valence-corrected chi connectivity index (χ1v) is 52.5. The number of aryl methyl sites for hydroxylation is 12. The Morgan fingerprint density at radius 3 is 1.04 bits per heavy atom. The minimum absolute atomic E-state index is 0.0845. The summed E-state index contributed by atoms with van der Waals surface area (Å²) in [6, 6.07) is 32.7. The van der Waals surface area contributed by atoms with Gasteiger partial charge in [-0.3, -0.25) is 0 Å². The molecule has 5 atom stereocenters. The molecule has 33 heteroatoms. The molecule has 0 saturated carbocycles. The van der Waals surface area contributed by atoms with E-state index in [2.05, 4.69) is 191 Å². The summed E-state index contributed by atoms with van der Waals surface area (Å²) in [5.74, 6) is 1.22. The molecule has 5 aliphatic carbocycles. The number of fused-ring (bicyclic) bond motifs is 5. The lowest BCUT2D eigenvalue weighted by Crippen LogP contribution is -2.41. The molecule has 0 bridgehead atoms. The molecule has 0 amide bonds. The first-order valence-electron chi connectivity index (χ1n) is 46.6. The maximum atomic E-state index is 15.1. The summed E-state index contributed by atoms with van der Waals surface area (Å²) in [6.45, 7) is 46.8. The number of aliphatic hydroxyl groups is 1.